The van der Waals surface area contributed by atoms with E-state index in [0.717, 1.165) is 11.3 Å². The predicted molar refractivity (Wildman–Crippen MR) is 125 cm³/mol. The van der Waals surface area contributed by atoms with E-state index >= 15 is 0 Å². The van der Waals surface area contributed by atoms with Crippen molar-refractivity contribution in [3.8, 4) is 0 Å². The molecule has 2 atom stereocenters. The van der Waals surface area contributed by atoms with Gasteiger partial charge in [0.1, 0.15) is 18.3 Å². The monoisotopic (exact) mass is 571 g/mol. The molecule has 0 spiro atoms. The van der Waals surface area contributed by atoms with Crippen LogP contribution in [-0.4, -0.2) is 75.3 Å². The van der Waals surface area contributed by atoms with Crippen LogP contribution in [0.15, 0.2) is 34.8 Å². The van der Waals surface area contributed by atoms with E-state index in [-0.39, 0.29) is 27.4 Å². The number of hydrogen-bond acceptors (Lipinski definition) is 14. The number of hydrogen-bond donors (Lipinski definition) is 4. The molecule has 6 N–H and O–H groups in total. The SMILES string of the molecule is NC(=O)[C@@H]1[C@H](NC(=O)C(=NOCC(=O)OCc2ccc([N+](=O)[O-])cc2)c2csc(N)n2)C(=O)N1S(=O)(=O)O. The van der Waals surface area contributed by atoms with Gasteiger partial charge in [-0.15, -0.1) is 11.3 Å². The Balaban J connectivity index is 1.66. The summed E-state index contributed by atoms with van der Waals surface area (Å²) < 4.78 is 36.5. The van der Waals surface area contributed by atoms with Gasteiger partial charge in [0, 0.05) is 17.5 Å². The highest BCUT2D eigenvalue weighted by Crippen LogP contribution is 2.24. The van der Waals surface area contributed by atoms with E-state index in [1.54, 1.807) is 0 Å². The van der Waals surface area contributed by atoms with Gasteiger partial charge < -0.3 is 26.4 Å². The first-order chi connectivity index (χ1) is 17.8. The number of primary amides is 1. The van der Waals surface area contributed by atoms with Gasteiger partial charge in [0.25, 0.3) is 17.5 Å². The van der Waals surface area contributed by atoms with Crippen LogP contribution >= 0.6 is 11.3 Å². The molecule has 202 valence electrons. The molecule has 0 aliphatic carbocycles. The van der Waals surface area contributed by atoms with Gasteiger partial charge in [-0.3, -0.25) is 29.1 Å². The minimum atomic E-state index is -5.13. The quantitative estimate of drug-likeness (QED) is 0.0572. The Morgan fingerprint density at radius 1 is 1.29 bits per heavy atom. The normalized spacial score (nSPS) is 17.3. The number of esters is 1. The Bertz CT molecular complexity index is 1420. The summed E-state index contributed by atoms with van der Waals surface area (Å²) in [6.07, 6.45) is 0. The van der Waals surface area contributed by atoms with Gasteiger partial charge in [-0.25, -0.2) is 9.78 Å². The van der Waals surface area contributed by atoms with E-state index in [9.17, 15) is 37.7 Å². The molecule has 0 radical (unpaired) electrons. The number of non-ortho nitro benzene ring substituents is 1. The predicted octanol–water partition coefficient (Wildman–Crippen LogP) is -1.92. The molecule has 2 aromatic rings. The summed E-state index contributed by atoms with van der Waals surface area (Å²) in [4.78, 5) is 67.3. The standard InChI is InChI=1S/C18H17N7O11S2/c19-15(27)14-13(17(29)24(14)38(32,33)34)22-16(28)12(10-7-37-18(20)21-10)23-36-6-11(26)35-5-8-1-3-9(4-2-8)25(30)31/h1-4,7,13-14H,5-6H2,(H2,19,27)(H2,20,21)(H,22,28)(H,32,33,34)/t13-,14-/m0/s1. The number of nitrogens with one attached hydrogen (secondary N) is 1. The number of β-lactam (4-membered cyclic amide) rings is 1. The molecule has 1 fully saturated rings. The highest BCUT2D eigenvalue weighted by molar-refractivity contribution is 7.84. The van der Waals surface area contributed by atoms with Gasteiger partial charge >= 0.3 is 16.3 Å². The summed E-state index contributed by atoms with van der Waals surface area (Å²) >= 11 is 0.902. The fourth-order valence-corrected chi connectivity index (χ4v) is 4.42. The number of nitro groups is 1. The third kappa shape index (κ3) is 6.35. The number of oxime groups is 1. The topological polar surface area (TPSA) is 277 Å². The Labute approximate surface area is 216 Å². The molecule has 0 saturated carbocycles. The minimum absolute atomic E-state index is 0.00953. The van der Waals surface area contributed by atoms with Crippen LogP contribution in [-0.2, 0) is 45.7 Å². The fourth-order valence-electron chi connectivity index (χ4n) is 3.02. The number of nitrogens with zero attached hydrogens (tertiary/aromatic N) is 4. The van der Waals surface area contributed by atoms with Crippen molar-refractivity contribution in [2.75, 3.05) is 12.3 Å². The van der Waals surface area contributed by atoms with E-state index < -0.39 is 63.3 Å². The first kappa shape index (κ1) is 27.9. The molecule has 1 aromatic heterocycles. The summed E-state index contributed by atoms with van der Waals surface area (Å²) in [5.74, 6) is -4.81. The Morgan fingerprint density at radius 3 is 2.47 bits per heavy atom. The summed E-state index contributed by atoms with van der Waals surface area (Å²) in [5.41, 5.74) is 10.2. The van der Waals surface area contributed by atoms with E-state index in [1.807, 2.05) is 5.32 Å². The van der Waals surface area contributed by atoms with Crippen molar-refractivity contribution in [3.05, 3.63) is 51.0 Å². The van der Waals surface area contributed by atoms with Crippen LogP contribution in [0.4, 0.5) is 10.8 Å². The van der Waals surface area contributed by atoms with Crippen LogP contribution in [0.2, 0.25) is 0 Å². The van der Waals surface area contributed by atoms with E-state index in [2.05, 4.69) is 10.1 Å². The first-order valence-electron chi connectivity index (χ1n) is 10.0. The molecule has 1 aromatic carbocycles. The number of anilines is 1. The molecule has 2 heterocycles. The third-order valence-electron chi connectivity index (χ3n) is 4.74. The lowest BCUT2D eigenvalue weighted by Gasteiger charge is -2.41. The van der Waals surface area contributed by atoms with E-state index in [1.165, 1.54) is 29.6 Å². The van der Waals surface area contributed by atoms with Crippen LogP contribution < -0.4 is 16.8 Å². The molecule has 1 saturated heterocycles. The van der Waals surface area contributed by atoms with Crippen LogP contribution in [0.5, 0.6) is 0 Å². The number of nitrogen functional groups attached to an aromatic ring is 1. The number of thiazole rings is 1. The van der Waals surface area contributed by atoms with Gasteiger partial charge in [-0.1, -0.05) is 5.16 Å². The molecule has 20 heteroatoms. The van der Waals surface area contributed by atoms with Crippen molar-refractivity contribution in [3.63, 3.8) is 0 Å². The molecule has 1 aliphatic rings. The molecule has 3 amide bonds. The maximum atomic E-state index is 12.8. The lowest BCUT2D eigenvalue weighted by molar-refractivity contribution is -0.384. The van der Waals surface area contributed by atoms with Gasteiger partial charge in [0.15, 0.2) is 16.9 Å². The number of rotatable bonds is 11. The van der Waals surface area contributed by atoms with E-state index in [0.29, 0.717) is 5.56 Å². The van der Waals surface area contributed by atoms with Crippen molar-refractivity contribution in [1.82, 2.24) is 14.6 Å². The molecule has 0 unspecified atom stereocenters. The minimum Gasteiger partial charge on any atom is -0.458 e. The molecule has 1 aliphatic heterocycles. The van der Waals surface area contributed by atoms with Crippen molar-refractivity contribution >= 4 is 61.9 Å². The van der Waals surface area contributed by atoms with Crippen LogP contribution in [0.1, 0.15) is 11.3 Å². The third-order valence-corrected chi connectivity index (χ3v) is 6.32. The number of carbonyl (C=O) groups is 4. The Hall–Kier alpha value is -4.69. The number of nitrogens with two attached hydrogens (primary N) is 2. The lowest BCUT2D eigenvalue weighted by atomic mass is 9.98. The fraction of sp³-hybridized carbons (Fsp3) is 0.222. The number of nitro benzene ring substituents is 1. The summed E-state index contributed by atoms with van der Waals surface area (Å²) in [5, 5.41) is 17.5. The smallest absolute Gasteiger partial charge is 0.363 e. The number of aromatic nitrogens is 1. The van der Waals surface area contributed by atoms with Crippen molar-refractivity contribution in [1.29, 1.82) is 0 Å². The van der Waals surface area contributed by atoms with Crippen molar-refractivity contribution < 1.29 is 46.6 Å². The number of carbonyl (C=O) groups excluding carboxylic acids is 4. The average molecular weight is 572 g/mol. The van der Waals surface area contributed by atoms with Gasteiger partial charge in [0.2, 0.25) is 12.5 Å². The average Bonchev–Trinajstić information content (AvgIpc) is 3.26. The summed E-state index contributed by atoms with van der Waals surface area (Å²) in [7, 11) is -5.13. The summed E-state index contributed by atoms with van der Waals surface area (Å²) in [6, 6.07) is 1.51. The van der Waals surface area contributed by atoms with Crippen LogP contribution in [0.3, 0.4) is 0 Å². The second kappa shape index (κ2) is 11.1. The highest BCUT2D eigenvalue weighted by atomic mass is 32.2. The second-order valence-corrected chi connectivity index (χ2v) is 9.46. The number of benzene rings is 1. The number of amides is 3. The highest BCUT2D eigenvalue weighted by Gasteiger charge is 2.57. The van der Waals surface area contributed by atoms with Crippen molar-refractivity contribution in [2.45, 2.75) is 18.7 Å². The maximum Gasteiger partial charge on any atom is 0.363 e. The van der Waals surface area contributed by atoms with E-state index in [4.69, 9.17) is 25.6 Å². The zero-order valence-electron chi connectivity index (χ0n) is 18.7. The van der Waals surface area contributed by atoms with Crippen molar-refractivity contribution in [2.24, 2.45) is 10.9 Å². The largest absolute Gasteiger partial charge is 0.458 e. The maximum absolute atomic E-state index is 12.8. The molecular formula is C18H17N7O11S2. The van der Waals surface area contributed by atoms with Gasteiger partial charge in [0.05, 0.1) is 4.92 Å². The number of ether oxygens (including phenoxy) is 1. The first-order valence-corrected chi connectivity index (χ1v) is 12.3. The summed E-state index contributed by atoms with van der Waals surface area (Å²) in [6.45, 7) is -1.05. The molecule has 38 heavy (non-hydrogen) atoms. The zero-order chi connectivity index (χ0) is 28.2. The molecule has 18 nitrogen and oxygen atoms in total. The van der Waals surface area contributed by atoms with Gasteiger partial charge in [-0.05, 0) is 17.7 Å². The zero-order valence-corrected chi connectivity index (χ0v) is 20.4. The molecule has 0 bridgehead atoms. The second-order valence-electron chi connectivity index (χ2n) is 7.28. The molecular weight excluding hydrogens is 554 g/mol. The Morgan fingerprint density at radius 2 is 1.95 bits per heavy atom. The van der Waals surface area contributed by atoms with Gasteiger partial charge in [-0.2, -0.15) is 12.7 Å². The lowest BCUT2D eigenvalue weighted by Crippen LogP contribution is -2.75. The van der Waals surface area contributed by atoms with Crippen LogP contribution in [0.25, 0.3) is 0 Å². The molecule has 3 rings (SSSR count). The Kier molecular flexibility index (Phi) is 8.18. The van der Waals surface area contributed by atoms with Crippen LogP contribution in [0, 0.1) is 10.1 Å².